The monoisotopic (exact) mass is 316 g/mol. The van der Waals surface area contributed by atoms with Gasteiger partial charge in [-0.2, -0.15) is 0 Å². The van der Waals surface area contributed by atoms with Crippen molar-refractivity contribution in [2.24, 2.45) is 0 Å². The van der Waals surface area contributed by atoms with Crippen LogP contribution in [0, 0.1) is 11.6 Å². The van der Waals surface area contributed by atoms with Gasteiger partial charge in [0, 0.05) is 24.7 Å². The van der Waals surface area contributed by atoms with Gasteiger partial charge in [0.15, 0.2) is 0 Å². The average Bonchev–Trinajstić information content (AvgIpc) is 2.86. The molecule has 23 heavy (non-hydrogen) atoms. The number of nitrogens with one attached hydrogen (secondary N) is 1. The number of anilines is 2. The van der Waals surface area contributed by atoms with E-state index in [-0.39, 0.29) is 30.6 Å². The molecule has 0 fully saturated rings. The van der Waals surface area contributed by atoms with Crippen LogP contribution in [0.5, 0.6) is 0 Å². The number of para-hydroxylation sites is 2. The van der Waals surface area contributed by atoms with Crippen molar-refractivity contribution in [3.05, 3.63) is 59.7 Å². The van der Waals surface area contributed by atoms with Crippen molar-refractivity contribution in [2.75, 3.05) is 16.8 Å². The van der Waals surface area contributed by atoms with E-state index in [2.05, 4.69) is 5.32 Å². The van der Waals surface area contributed by atoms with Gasteiger partial charge in [-0.05, 0) is 37.1 Å². The molecule has 1 amide bonds. The Balaban J connectivity index is 1.64. The summed E-state index contributed by atoms with van der Waals surface area (Å²) >= 11 is 0. The second-order valence-electron chi connectivity index (χ2n) is 5.72. The number of nitrogens with zero attached hydrogens (tertiary/aromatic N) is 1. The number of carbonyl (C=O) groups excluding carboxylic acids is 1. The van der Waals surface area contributed by atoms with E-state index >= 15 is 0 Å². The predicted octanol–water partition coefficient (Wildman–Crippen LogP) is 3.74. The molecule has 0 aliphatic carbocycles. The lowest BCUT2D eigenvalue weighted by Crippen LogP contribution is -2.36. The highest BCUT2D eigenvalue weighted by molar-refractivity contribution is 5.96. The molecular formula is C18H18F2N2O. The molecule has 0 saturated heterocycles. The standard InChI is InChI=1S/C18H18F2N2O/c1-12-11-13-5-2-3-8-16(13)22(12)17(23)9-10-21-18-14(19)6-4-7-15(18)20/h2-8,12,21H,9-11H2,1H3. The van der Waals surface area contributed by atoms with Gasteiger partial charge in [-0.15, -0.1) is 0 Å². The van der Waals surface area contributed by atoms with Crippen molar-refractivity contribution < 1.29 is 13.6 Å². The van der Waals surface area contributed by atoms with Gasteiger partial charge in [0.05, 0.1) is 0 Å². The summed E-state index contributed by atoms with van der Waals surface area (Å²) in [5.74, 6) is -1.36. The van der Waals surface area contributed by atoms with Crippen molar-refractivity contribution in [2.45, 2.75) is 25.8 Å². The van der Waals surface area contributed by atoms with E-state index in [1.54, 1.807) is 4.90 Å². The van der Waals surface area contributed by atoms with Crippen LogP contribution in [-0.4, -0.2) is 18.5 Å². The number of benzene rings is 2. The first-order valence-electron chi connectivity index (χ1n) is 7.66. The maximum atomic E-state index is 13.5. The maximum Gasteiger partial charge on any atom is 0.229 e. The van der Waals surface area contributed by atoms with Crippen LogP contribution in [0.25, 0.3) is 0 Å². The van der Waals surface area contributed by atoms with E-state index in [0.29, 0.717) is 0 Å². The fraction of sp³-hybridized carbons (Fsp3) is 0.278. The normalized spacial score (nSPS) is 16.3. The van der Waals surface area contributed by atoms with E-state index in [1.807, 2.05) is 31.2 Å². The van der Waals surface area contributed by atoms with Crippen LogP contribution in [0.15, 0.2) is 42.5 Å². The minimum atomic E-state index is -0.655. The SMILES string of the molecule is CC1Cc2ccccc2N1C(=O)CCNc1c(F)cccc1F. The minimum Gasteiger partial charge on any atom is -0.380 e. The third-order valence-corrected chi connectivity index (χ3v) is 4.08. The molecule has 2 aromatic carbocycles. The van der Waals surface area contributed by atoms with Gasteiger partial charge in [-0.1, -0.05) is 24.3 Å². The van der Waals surface area contributed by atoms with Crippen molar-refractivity contribution >= 4 is 17.3 Å². The Morgan fingerprint density at radius 2 is 1.87 bits per heavy atom. The molecule has 0 radical (unpaired) electrons. The summed E-state index contributed by atoms with van der Waals surface area (Å²) < 4.78 is 27.1. The van der Waals surface area contributed by atoms with Crippen molar-refractivity contribution in [1.82, 2.24) is 0 Å². The van der Waals surface area contributed by atoms with Gasteiger partial charge in [0.1, 0.15) is 17.3 Å². The van der Waals surface area contributed by atoms with Crippen LogP contribution in [0.4, 0.5) is 20.2 Å². The molecule has 3 nitrogen and oxygen atoms in total. The van der Waals surface area contributed by atoms with E-state index in [4.69, 9.17) is 0 Å². The zero-order valence-electron chi connectivity index (χ0n) is 12.9. The van der Waals surface area contributed by atoms with Gasteiger partial charge in [-0.3, -0.25) is 4.79 Å². The first-order chi connectivity index (χ1) is 11.1. The number of hydrogen-bond acceptors (Lipinski definition) is 2. The molecule has 1 atom stereocenters. The van der Waals surface area contributed by atoms with Crippen LogP contribution < -0.4 is 10.2 Å². The summed E-state index contributed by atoms with van der Waals surface area (Å²) in [4.78, 5) is 14.2. The summed E-state index contributed by atoms with van der Waals surface area (Å²) in [6, 6.07) is 11.6. The molecule has 120 valence electrons. The number of rotatable bonds is 4. The number of fused-ring (bicyclic) bond motifs is 1. The molecule has 0 spiro atoms. The van der Waals surface area contributed by atoms with Gasteiger partial charge in [-0.25, -0.2) is 8.78 Å². The Labute approximate surface area is 133 Å². The van der Waals surface area contributed by atoms with Crippen LogP contribution in [0.1, 0.15) is 18.9 Å². The molecule has 1 unspecified atom stereocenters. The first-order valence-corrected chi connectivity index (χ1v) is 7.66. The molecule has 0 bridgehead atoms. The fourth-order valence-electron chi connectivity index (χ4n) is 3.03. The van der Waals surface area contributed by atoms with Gasteiger partial charge in [0.2, 0.25) is 5.91 Å². The van der Waals surface area contributed by atoms with Crippen LogP contribution in [0.3, 0.4) is 0 Å². The third-order valence-electron chi connectivity index (χ3n) is 4.08. The second-order valence-corrected chi connectivity index (χ2v) is 5.72. The minimum absolute atomic E-state index is 0.0494. The number of hydrogen-bond donors (Lipinski definition) is 1. The van der Waals surface area contributed by atoms with E-state index in [1.165, 1.54) is 18.2 Å². The van der Waals surface area contributed by atoms with E-state index in [0.717, 1.165) is 17.7 Å². The number of carbonyl (C=O) groups is 1. The van der Waals surface area contributed by atoms with Gasteiger partial charge >= 0.3 is 0 Å². The van der Waals surface area contributed by atoms with Crippen LogP contribution >= 0.6 is 0 Å². The summed E-state index contributed by atoms with van der Waals surface area (Å²) in [6.07, 6.45) is 1.00. The Bertz CT molecular complexity index is 712. The lowest BCUT2D eigenvalue weighted by molar-refractivity contribution is -0.118. The average molecular weight is 316 g/mol. The van der Waals surface area contributed by atoms with Gasteiger partial charge in [0.25, 0.3) is 0 Å². The third kappa shape index (κ3) is 3.04. The zero-order valence-corrected chi connectivity index (χ0v) is 12.9. The Morgan fingerprint density at radius 3 is 2.61 bits per heavy atom. The summed E-state index contributed by atoms with van der Waals surface area (Å²) in [5.41, 5.74) is 1.90. The second kappa shape index (κ2) is 6.36. The molecular weight excluding hydrogens is 298 g/mol. The highest BCUT2D eigenvalue weighted by Crippen LogP contribution is 2.32. The molecule has 1 heterocycles. The van der Waals surface area contributed by atoms with Crippen molar-refractivity contribution in [3.63, 3.8) is 0 Å². The lowest BCUT2D eigenvalue weighted by atomic mass is 10.1. The van der Waals surface area contributed by atoms with Crippen LogP contribution in [-0.2, 0) is 11.2 Å². The van der Waals surface area contributed by atoms with E-state index in [9.17, 15) is 13.6 Å². The van der Waals surface area contributed by atoms with Crippen molar-refractivity contribution in [3.8, 4) is 0 Å². The molecule has 0 aromatic heterocycles. The Kier molecular flexibility index (Phi) is 4.28. The summed E-state index contributed by atoms with van der Waals surface area (Å²) in [6.45, 7) is 2.18. The molecule has 1 N–H and O–H groups in total. The maximum absolute atomic E-state index is 13.5. The summed E-state index contributed by atoms with van der Waals surface area (Å²) in [7, 11) is 0. The molecule has 1 aliphatic heterocycles. The first kappa shape index (κ1) is 15.5. The molecule has 1 aliphatic rings. The predicted molar refractivity (Wildman–Crippen MR) is 86.6 cm³/mol. The lowest BCUT2D eigenvalue weighted by Gasteiger charge is -2.23. The van der Waals surface area contributed by atoms with Crippen molar-refractivity contribution in [1.29, 1.82) is 0 Å². The Morgan fingerprint density at radius 1 is 1.17 bits per heavy atom. The quantitative estimate of drug-likeness (QED) is 0.932. The van der Waals surface area contributed by atoms with E-state index < -0.39 is 11.6 Å². The topological polar surface area (TPSA) is 32.3 Å². The molecule has 3 rings (SSSR count). The largest absolute Gasteiger partial charge is 0.380 e. The number of halogens is 2. The molecule has 5 heteroatoms. The summed E-state index contributed by atoms with van der Waals surface area (Å²) in [5, 5.41) is 2.68. The fourth-order valence-corrected chi connectivity index (χ4v) is 3.03. The smallest absolute Gasteiger partial charge is 0.229 e. The zero-order chi connectivity index (χ0) is 16.4. The van der Waals surface area contributed by atoms with Crippen LogP contribution in [0.2, 0.25) is 0 Å². The Hall–Kier alpha value is -2.43. The highest BCUT2D eigenvalue weighted by Gasteiger charge is 2.29. The molecule has 2 aromatic rings. The highest BCUT2D eigenvalue weighted by atomic mass is 19.1. The van der Waals surface area contributed by atoms with Gasteiger partial charge < -0.3 is 10.2 Å². The number of amides is 1. The molecule has 0 saturated carbocycles.